The number of nitrogens with one attached hydrogen (secondary N) is 2. The topological polar surface area (TPSA) is 139 Å². The van der Waals surface area contributed by atoms with Crippen molar-refractivity contribution in [2.75, 3.05) is 0 Å². The van der Waals surface area contributed by atoms with Crippen molar-refractivity contribution in [1.29, 1.82) is 0 Å². The van der Waals surface area contributed by atoms with E-state index >= 15 is 0 Å². The average Bonchev–Trinajstić information content (AvgIpc) is 3.02. The number of rotatable bonds is 5. The number of hydrazine groups is 1. The lowest BCUT2D eigenvalue weighted by molar-refractivity contribution is -0.386. The fraction of sp³-hybridized carbons (Fsp3) is 0.353. The van der Waals surface area contributed by atoms with Gasteiger partial charge < -0.3 is 5.11 Å². The van der Waals surface area contributed by atoms with Gasteiger partial charge in [-0.2, -0.15) is 0 Å². The van der Waals surface area contributed by atoms with Gasteiger partial charge in [0.2, 0.25) is 0 Å². The van der Waals surface area contributed by atoms with Crippen LogP contribution in [0.3, 0.4) is 0 Å². The van der Waals surface area contributed by atoms with E-state index in [9.17, 15) is 28.4 Å². The van der Waals surface area contributed by atoms with E-state index in [4.69, 9.17) is 0 Å². The van der Waals surface area contributed by atoms with Crippen molar-refractivity contribution in [1.82, 2.24) is 10.3 Å². The fourth-order valence-corrected chi connectivity index (χ4v) is 5.01. The summed E-state index contributed by atoms with van der Waals surface area (Å²) in [6.45, 7) is 0. The van der Waals surface area contributed by atoms with Crippen LogP contribution in [0.1, 0.15) is 45.8 Å². The molecule has 0 atom stereocenters. The molecular formula is C17H19N3O6S2. The molecule has 28 heavy (non-hydrogen) atoms. The molecule has 1 amide bonds. The standard InChI is InChI=1S/C17H19N3O6S2/c21-14-8-7-12(10-13(14)20(23)24)28(25,26)19-18-17(22)16-9-11-5-3-1-2-4-6-15(11)27-16/h7-10,19,21H,1-6H2,(H,18,22). The normalized spacial score (nSPS) is 14.6. The first-order chi connectivity index (χ1) is 13.3. The van der Waals surface area contributed by atoms with Gasteiger partial charge in [-0.05, 0) is 49.4 Å². The predicted molar refractivity (Wildman–Crippen MR) is 103 cm³/mol. The molecule has 0 radical (unpaired) electrons. The van der Waals surface area contributed by atoms with Crippen LogP contribution in [0.15, 0.2) is 29.2 Å². The van der Waals surface area contributed by atoms with Crippen LogP contribution in [0.5, 0.6) is 5.75 Å². The number of aryl methyl sites for hydroxylation is 2. The van der Waals surface area contributed by atoms with Crippen molar-refractivity contribution in [3.8, 4) is 5.75 Å². The van der Waals surface area contributed by atoms with E-state index in [1.54, 1.807) is 6.07 Å². The zero-order valence-electron chi connectivity index (χ0n) is 14.8. The minimum Gasteiger partial charge on any atom is -0.502 e. The van der Waals surface area contributed by atoms with Crippen molar-refractivity contribution in [3.63, 3.8) is 0 Å². The van der Waals surface area contributed by atoms with Crippen molar-refractivity contribution in [2.45, 2.75) is 43.4 Å². The highest BCUT2D eigenvalue weighted by Gasteiger charge is 2.23. The summed E-state index contributed by atoms with van der Waals surface area (Å²) < 4.78 is 24.6. The van der Waals surface area contributed by atoms with Gasteiger partial charge in [-0.1, -0.05) is 12.8 Å². The van der Waals surface area contributed by atoms with Crippen molar-refractivity contribution < 1.29 is 23.2 Å². The molecule has 1 aromatic carbocycles. The molecule has 9 nitrogen and oxygen atoms in total. The predicted octanol–water partition coefficient (Wildman–Crippen LogP) is 2.64. The monoisotopic (exact) mass is 425 g/mol. The summed E-state index contributed by atoms with van der Waals surface area (Å²) in [5.74, 6) is -1.24. The summed E-state index contributed by atoms with van der Waals surface area (Å²) in [4.78, 5) is 25.4. The lowest BCUT2D eigenvalue weighted by Crippen LogP contribution is -2.41. The number of phenols is 1. The number of amides is 1. The number of nitro groups is 1. The number of thiophene rings is 1. The zero-order chi connectivity index (χ0) is 20.3. The van der Waals surface area contributed by atoms with E-state index in [1.807, 2.05) is 4.83 Å². The van der Waals surface area contributed by atoms with Crippen LogP contribution in [0.4, 0.5) is 5.69 Å². The number of carbonyl (C=O) groups excluding carboxylic acids is 1. The first-order valence-corrected chi connectivity index (χ1v) is 11.0. The molecule has 0 spiro atoms. The van der Waals surface area contributed by atoms with Gasteiger partial charge in [-0.15, -0.1) is 16.2 Å². The molecule has 150 valence electrons. The second-order valence-corrected chi connectivity index (χ2v) is 9.26. The summed E-state index contributed by atoms with van der Waals surface area (Å²) in [5, 5.41) is 20.3. The van der Waals surface area contributed by atoms with Gasteiger partial charge in [-0.25, -0.2) is 8.42 Å². The van der Waals surface area contributed by atoms with Crippen LogP contribution in [-0.2, 0) is 22.9 Å². The third kappa shape index (κ3) is 4.49. The van der Waals surface area contributed by atoms with Gasteiger partial charge in [0.1, 0.15) is 0 Å². The van der Waals surface area contributed by atoms with Gasteiger partial charge in [0, 0.05) is 10.9 Å². The summed E-state index contributed by atoms with van der Waals surface area (Å²) >= 11 is 1.35. The first-order valence-electron chi connectivity index (χ1n) is 8.69. The Kier molecular flexibility index (Phi) is 5.96. The summed E-state index contributed by atoms with van der Waals surface area (Å²) in [6, 6.07) is 4.43. The third-order valence-electron chi connectivity index (χ3n) is 4.47. The van der Waals surface area contributed by atoms with E-state index in [0.717, 1.165) is 67.2 Å². The minimum absolute atomic E-state index is 0.409. The molecule has 3 rings (SSSR count). The van der Waals surface area contributed by atoms with Gasteiger partial charge in [0.05, 0.1) is 14.7 Å². The molecule has 0 saturated carbocycles. The largest absolute Gasteiger partial charge is 0.502 e. The number of sulfonamides is 1. The molecule has 3 N–H and O–H groups in total. The Morgan fingerprint density at radius 2 is 1.86 bits per heavy atom. The van der Waals surface area contributed by atoms with Crippen LogP contribution >= 0.6 is 11.3 Å². The maximum atomic E-state index is 12.4. The molecule has 0 bridgehead atoms. The molecule has 0 aliphatic heterocycles. The van der Waals surface area contributed by atoms with Crippen molar-refractivity contribution in [3.05, 3.63) is 49.7 Å². The maximum absolute atomic E-state index is 12.4. The number of fused-ring (bicyclic) bond motifs is 1. The number of hydrogen-bond acceptors (Lipinski definition) is 7. The Balaban J connectivity index is 1.72. The van der Waals surface area contributed by atoms with Gasteiger partial charge in [0.15, 0.2) is 5.75 Å². The Morgan fingerprint density at radius 3 is 2.57 bits per heavy atom. The van der Waals surface area contributed by atoms with Gasteiger partial charge in [0.25, 0.3) is 15.9 Å². The van der Waals surface area contributed by atoms with Gasteiger partial charge >= 0.3 is 5.69 Å². The Labute approximate surface area is 165 Å². The molecule has 1 aliphatic rings. The fourth-order valence-electron chi connectivity index (χ4n) is 3.01. The third-order valence-corrected chi connectivity index (χ3v) is 6.95. The van der Waals surface area contributed by atoms with E-state index < -0.39 is 37.2 Å². The van der Waals surface area contributed by atoms with Crippen molar-refractivity contribution in [2.24, 2.45) is 0 Å². The molecule has 11 heteroatoms. The smallest absolute Gasteiger partial charge is 0.312 e. The number of aromatic hydroxyl groups is 1. The average molecular weight is 425 g/mol. The molecule has 0 fully saturated rings. The number of carbonyl (C=O) groups is 1. The highest BCUT2D eigenvalue weighted by Crippen LogP contribution is 2.29. The van der Waals surface area contributed by atoms with E-state index in [-0.39, 0.29) is 0 Å². The SMILES string of the molecule is O=C(NNS(=O)(=O)c1ccc(O)c([N+](=O)[O-])c1)c1cc2c(s1)CCCCCC2. The van der Waals surface area contributed by atoms with Crippen LogP contribution in [0.2, 0.25) is 0 Å². The Bertz CT molecular complexity index is 990. The number of phenolic OH excluding ortho intramolecular Hbond substituents is 1. The molecular weight excluding hydrogens is 406 g/mol. The van der Waals surface area contributed by atoms with Crippen LogP contribution in [-0.4, -0.2) is 24.4 Å². The highest BCUT2D eigenvalue weighted by atomic mass is 32.2. The number of nitrogens with zero attached hydrogens (tertiary/aromatic N) is 1. The summed E-state index contributed by atoms with van der Waals surface area (Å²) in [7, 11) is -4.24. The minimum atomic E-state index is -4.24. The highest BCUT2D eigenvalue weighted by molar-refractivity contribution is 7.89. The second-order valence-electron chi connectivity index (χ2n) is 6.44. The second kappa shape index (κ2) is 8.25. The van der Waals surface area contributed by atoms with E-state index in [2.05, 4.69) is 5.43 Å². The molecule has 0 saturated heterocycles. The summed E-state index contributed by atoms with van der Waals surface area (Å²) in [6.07, 6.45) is 6.28. The lowest BCUT2D eigenvalue weighted by atomic mass is 10.00. The van der Waals surface area contributed by atoms with Crippen LogP contribution in [0, 0.1) is 10.1 Å². The molecule has 1 aliphatic carbocycles. The molecule has 0 unspecified atom stereocenters. The van der Waals surface area contributed by atoms with E-state index in [1.165, 1.54) is 11.3 Å². The number of nitro benzene ring substituents is 1. The molecule has 1 heterocycles. The van der Waals surface area contributed by atoms with E-state index in [0.29, 0.717) is 4.88 Å². The quantitative estimate of drug-likeness (QED) is 0.497. The Hall–Kier alpha value is -2.50. The molecule has 2 aromatic rings. The number of benzene rings is 1. The summed E-state index contributed by atoms with van der Waals surface area (Å²) in [5.41, 5.74) is 2.53. The van der Waals surface area contributed by atoms with Gasteiger partial charge in [-0.3, -0.25) is 20.3 Å². The zero-order valence-corrected chi connectivity index (χ0v) is 16.4. The van der Waals surface area contributed by atoms with Crippen LogP contribution in [0.25, 0.3) is 0 Å². The van der Waals surface area contributed by atoms with Crippen molar-refractivity contribution >= 4 is 33.0 Å². The maximum Gasteiger partial charge on any atom is 0.312 e. The van der Waals surface area contributed by atoms with Crippen LogP contribution < -0.4 is 10.3 Å². The lowest BCUT2D eigenvalue weighted by Gasteiger charge is -2.08. The number of hydrogen-bond donors (Lipinski definition) is 3. The molecule has 1 aromatic heterocycles. The Morgan fingerprint density at radius 1 is 1.14 bits per heavy atom. The first kappa shape index (κ1) is 20.2.